The van der Waals surface area contributed by atoms with Gasteiger partial charge in [0.05, 0.1) is 11.5 Å². The SMILES string of the molecule is CCS(=O)(=O)O.O=S(=O)(O)CCN1CCNCC1. The van der Waals surface area contributed by atoms with Crippen LogP contribution >= 0.6 is 0 Å². The molecule has 0 aromatic rings. The zero-order valence-electron chi connectivity index (χ0n) is 10.2. The van der Waals surface area contributed by atoms with E-state index in [0.29, 0.717) is 6.54 Å². The Morgan fingerprint density at radius 1 is 1.06 bits per heavy atom. The Bertz CT molecular complexity index is 413. The fraction of sp³-hybridized carbons (Fsp3) is 1.00. The average molecular weight is 304 g/mol. The molecule has 0 saturated carbocycles. The van der Waals surface area contributed by atoms with Gasteiger partial charge in [-0.05, 0) is 6.92 Å². The minimum atomic E-state index is -3.79. The molecule has 0 bridgehead atoms. The minimum absolute atomic E-state index is 0.160. The van der Waals surface area contributed by atoms with Gasteiger partial charge >= 0.3 is 0 Å². The molecule has 1 aliphatic heterocycles. The molecule has 0 aromatic carbocycles. The molecular weight excluding hydrogens is 284 g/mol. The summed E-state index contributed by atoms with van der Waals surface area (Å²) in [6, 6.07) is 0. The molecule has 1 rings (SSSR count). The Hall–Kier alpha value is -0.260. The van der Waals surface area contributed by atoms with Crippen molar-refractivity contribution in [1.29, 1.82) is 0 Å². The van der Waals surface area contributed by atoms with Crippen LogP contribution in [0.25, 0.3) is 0 Å². The van der Waals surface area contributed by atoms with Crippen LogP contribution in [0, 0.1) is 0 Å². The van der Waals surface area contributed by atoms with E-state index in [9.17, 15) is 16.8 Å². The maximum absolute atomic E-state index is 10.4. The first-order chi connectivity index (χ1) is 8.14. The summed E-state index contributed by atoms with van der Waals surface area (Å²) in [5.41, 5.74) is 0. The largest absolute Gasteiger partial charge is 0.314 e. The second kappa shape index (κ2) is 8.02. The summed E-state index contributed by atoms with van der Waals surface area (Å²) >= 11 is 0. The number of hydrogen-bond acceptors (Lipinski definition) is 6. The lowest BCUT2D eigenvalue weighted by Crippen LogP contribution is -2.45. The maximum atomic E-state index is 10.4. The highest BCUT2D eigenvalue weighted by molar-refractivity contribution is 7.86. The van der Waals surface area contributed by atoms with Crippen molar-refractivity contribution in [2.75, 3.05) is 44.2 Å². The Balaban J connectivity index is 0.000000411. The van der Waals surface area contributed by atoms with Gasteiger partial charge in [-0.15, -0.1) is 0 Å². The van der Waals surface area contributed by atoms with Crippen LogP contribution in [-0.2, 0) is 20.2 Å². The van der Waals surface area contributed by atoms with Gasteiger partial charge < -0.3 is 5.32 Å². The van der Waals surface area contributed by atoms with E-state index >= 15 is 0 Å². The fourth-order valence-corrected chi connectivity index (χ4v) is 1.67. The molecule has 10 heteroatoms. The highest BCUT2D eigenvalue weighted by atomic mass is 32.2. The summed E-state index contributed by atoms with van der Waals surface area (Å²) in [7, 11) is -7.45. The van der Waals surface area contributed by atoms with Crippen LogP contribution in [0.4, 0.5) is 0 Å². The van der Waals surface area contributed by atoms with Crippen molar-refractivity contribution in [3.63, 3.8) is 0 Å². The van der Waals surface area contributed by atoms with Crippen molar-refractivity contribution < 1.29 is 25.9 Å². The molecule has 0 unspecified atom stereocenters. The van der Waals surface area contributed by atoms with E-state index in [0.717, 1.165) is 26.2 Å². The molecule has 3 N–H and O–H groups in total. The van der Waals surface area contributed by atoms with Crippen LogP contribution < -0.4 is 5.32 Å². The van der Waals surface area contributed by atoms with Gasteiger partial charge in [0.15, 0.2) is 0 Å². The molecule has 1 aliphatic rings. The Labute approximate surface area is 108 Å². The lowest BCUT2D eigenvalue weighted by atomic mass is 10.4. The van der Waals surface area contributed by atoms with Gasteiger partial charge in [-0.1, -0.05) is 0 Å². The van der Waals surface area contributed by atoms with Gasteiger partial charge in [-0.3, -0.25) is 14.0 Å². The number of hydrogen-bond donors (Lipinski definition) is 3. The third-order valence-corrected chi connectivity index (χ3v) is 3.67. The predicted octanol–water partition coefficient (Wildman–Crippen LogP) is -1.33. The first-order valence-corrected chi connectivity index (χ1v) is 8.69. The van der Waals surface area contributed by atoms with Crippen LogP contribution in [0.2, 0.25) is 0 Å². The van der Waals surface area contributed by atoms with Crippen molar-refractivity contribution >= 4 is 20.2 Å². The third-order valence-electron chi connectivity index (χ3n) is 2.24. The molecule has 1 saturated heterocycles. The zero-order chi connectivity index (χ0) is 14.2. The summed E-state index contributed by atoms with van der Waals surface area (Å²) in [5.74, 6) is -0.361. The first kappa shape index (κ1) is 17.7. The molecule has 1 heterocycles. The number of nitrogens with one attached hydrogen (secondary N) is 1. The molecule has 18 heavy (non-hydrogen) atoms. The number of piperazine rings is 1. The lowest BCUT2D eigenvalue weighted by Gasteiger charge is -2.26. The fourth-order valence-electron chi connectivity index (χ4n) is 1.18. The number of rotatable bonds is 4. The van der Waals surface area contributed by atoms with E-state index in [1.54, 1.807) is 0 Å². The van der Waals surface area contributed by atoms with Crippen molar-refractivity contribution in [2.45, 2.75) is 6.92 Å². The van der Waals surface area contributed by atoms with Gasteiger partial charge in [0.2, 0.25) is 0 Å². The van der Waals surface area contributed by atoms with Gasteiger partial charge in [0.25, 0.3) is 20.2 Å². The second-order valence-corrected chi connectivity index (χ2v) is 7.06. The molecule has 110 valence electrons. The lowest BCUT2D eigenvalue weighted by molar-refractivity contribution is 0.252. The van der Waals surface area contributed by atoms with E-state index in [2.05, 4.69) is 5.32 Å². The summed E-state index contributed by atoms with van der Waals surface area (Å²) in [6.45, 7) is 5.30. The average Bonchev–Trinajstić information content (AvgIpc) is 2.27. The quantitative estimate of drug-likeness (QED) is 0.546. The summed E-state index contributed by atoms with van der Waals surface area (Å²) < 4.78 is 56.2. The van der Waals surface area contributed by atoms with Gasteiger partial charge in [0, 0.05) is 32.7 Å². The molecule has 0 aromatic heterocycles. The van der Waals surface area contributed by atoms with Crippen molar-refractivity contribution in [3.05, 3.63) is 0 Å². The predicted molar refractivity (Wildman–Crippen MR) is 67.8 cm³/mol. The standard InChI is InChI=1S/C6H14N2O3S.C2H6O3S/c9-12(10,11)6-5-8-3-1-7-2-4-8;1-2-6(3,4)5/h7H,1-6H2,(H,9,10,11);2H2,1H3,(H,3,4,5). The van der Waals surface area contributed by atoms with Gasteiger partial charge in [-0.2, -0.15) is 16.8 Å². The third kappa shape index (κ3) is 12.2. The molecule has 0 atom stereocenters. The van der Waals surface area contributed by atoms with E-state index in [1.807, 2.05) is 4.90 Å². The van der Waals surface area contributed by atoms with Crippen molar-refractivity contribution in [2.24, 2.45) is 0 Å². The van der Waals surface area contributed by atoms with Crippen LogP contribution in [-0.4, -0.2) is 75.1 Å². The molecular formula is C8H20N2O6S2. The van der Waals surface area contributed by atoms with Gasteiger partial charge in [0.1, 0.15) is 0 Å². The van der Waals surface area contributed by atoms with Crippen LogP contribution in [0.3, 0.4) is 0 Å². The first-order valence-electron chi connectivity index (χ1n) is 5.47. The van der Waals surface area contributed by atoms with Gasteiger partial charge in [-0.25, -0.2) is 0 Å². The highest BCUT2D eigenvalue weighted by Gasteiger charge is 2.12. The number of nitrogens with zero attached hydrogens (tertiary/aromatic N) is 1. The Kier molecular flexibility index (Phi) is 7.90. The van der Waals surface area contributed by atoms with E-state index in [-0.39, 0.29) is 11.5 Å². The van der Waals surface area contributed by atoms with E-state index in [1.165, 1.54) is 6.92 Å². The molecule has 1 fully saturated rings. The second-order valence-electron chi connectivity index (χ2n) is 3.75. The molecule has 0 radical (unpaired) electrons. The summed E-state index contributed by atoms with van der Waals surface area (Å²) in [5, 5.41) is 3.16. The summed E-state index contributed by atoms with van der Waals surface area (Å²) in [6.07, 6.45) is 0. The van der Waals surface area contributed by atoms with Crippen LogP contribution in [0.15, 0.2) is 0 Å². The molecule has 0 amide bonds. The highest BCUT2D eigenvalue weighted by Crippen LogP contribution is 1.93. The smallest absolute Gasteiger partial charge is 0.266 e. The minimum Gasteiger partial charge on any atom is -0.314 e. The Morgan fingerprint density at radius 2 is 1.50 bits per heavy atom. The molecule has 0 spiro atoms. The van der Waals surface area contributed by atoms with Crippen LogP contribution in [0.1, 0.15) is 6.92 Å². The molecule has 0 aliphatic carbocycles. The molecule has 8 nitrogen and oxygen atoms in total. The van der Waals surface area contributed by atoms with Crippen LogP contribution in [0.5, 0.6) is 0 Å². The summed E-state index contributed by atoms with van der Waals surface area (Å²) in [4.78, 5) is 2.02. The topological polar surface area (TPSA) is 124 Å². The normalized spacial score (nSPS) is 17.9. The monoisotopic (exact) mass is 304 g/mol. The maximum Gasteiger partial charge on any atom is 0.266 e. The Morgan fingerprint density at radius 3 is 1.83 bits per heavy atom. The van der Waals surface area contributed by atoms with E-state index < -0.39 is 20.2 Å². The van der Waals surface area contributed by atoms with Crippen molar-refractivity contribution in [1.82, 2.24) is 10.2 Å². The zero-order valence-corrected chi connectivity index (χ0v) is 11.9. The van der Waals surface area contributed by atoms with E-state index in [4.69, 9.17) is 9.11 Å². The van der Waals surface area contributed by atoms with Crippen molar-refractivity contribution in [3.8, 4) is 0 Å².